The molecular weight excluding hydrogens is 256 g/mol. The molecule has 0 spiro atoms. The molecule has 0 saturated carbocycles. The van der Waals surface area contributed by atoms with Crippen LogP contribution in [0.15, 0.2) is 53.3 Å². The highest BCUT2D eigenvalue weighted by Gasteiger charge is 2.24. The Hall–Kier alpha value is -1.80. The SMILES string of the molecule is C1=CC2=C(NC1)C(=C1CCNCC1)c1ccccc1CC2. The molecule has 4 rings (SSSR count). The monoisotopic (exact) mass is 278 g/mol. The number of hydrogen-bond acceptors (Lipinski definition) is 2. The second-order valence-electron chi connectivity index (χ2n) is 6.07. The number of hydrogen-bond donors (Lipinski definition) is 2. The van der Waals surface area contributed by atoms with E-state index in [1.54, 1.807) is 5.57 Å². The van der Waals surface area contributed by atoms with Crippen molar-refractivity contribution in [1.82, 2.24) is 10.6 Å². The predicted octanol–water partition coefficient (Wildman–Crippen LogP) is 3.18. The van der Waals surface area contributed by atoms with Gasteiger partial charge in [-0.25, -0.2) is 0 Å². The van der Waals surface area contributed by atoms with Gasteiger partial charge in [0.25, 0.3) is 0 Å². The van der Waals surface area contributed by atoms with E-state index < -0.39 is 0 Å². The molecule has 0 aromatic heterocycles. The maximum atomic E-state index is 3.66. The first kappa shape index (κ1) is 12.9. The standard InChI is InChI=1S/C19H22N2/c1-2-6-17-14(4-1)7-8-16-5-3-11-21-19(16)18(17)15-9-12-20-13-10-15/h1-6,20-21H,7-13H2. The van der Waals surface area contributed by atoms with Gasteiger partial charge in [0.15, 0.2) is 0 Å². The van der Waals surface area contributed by atoms with E-state index in [9.17, 15) is 0 Å². The maximum absolute atomic E-state index is 3.66. The number of fused-ring (bicyclic) bond motifs is 1. The summed E-state index contributed by atoms with van der Waals surface area (Å²) >= 11 is 0. The van der Waals surface area contributed by atoms with E-state index in [0.717, 1.165) is 32.5 Å². The van der Waals surface area contributed by atoms with E-state index in [-0.39, 0.29) is 0 Å². The van der Waals surface area contributed by atoms with Gasteiger partial charge < -0.3 is 10.6 Å². The fourth-order valence-electron chi connectivity index (χ4n) is 3.75. The lowest BCUT2D eigenvalue weighted by Gasteiger charge is -2.25. The molecule has 1 aromatic carbocycles. The van der Waals surface area contributed by atoms with Crippen LogP contribution in [0.25, 0.3) is 5.57 Å². The molecule has 2 N–H and O–H groups in total. The fourth-order valence-corrected chi connectivity index (χ4v) is 3.75. The first-order valence-corrected chi connectivity index (χ1v) is 8.08. The van der Waals surface area contributed by atoms with Crippen molar-refractivity contribution in [2.24, 2.45) is 0 Å². The van der Waals surface area contributed by atoms with E-state index in [4.69, 9.17) is 0 Å². The van der Waals surface area contributed by atoms with Gasteiger partial charge in [-0.05, 0) is 55.5 Å². The van der Waals surface area contributed by atoms with Crippen LogP contribution in [0.4, 0.5) is 0 Å². The Kier molecular flexibility index (Phi) is 3.40. The minimum Gasteiger partial charge on any atom is -0.381 e. The smallest absolute Gasteiger partial charge is 0.0454 e. The summed E-state index contributed by atoms with van der Waals surface area (Å²) in [4.78, 5) is 0. The van der Waals surface area contributed by atoms with Gasteiger partial charge in [0.1, 0.15) is 0 Å². The number of nitrogens with one attached hydrogen (secondary N) is 2. The van der Waals surface area contributed by atoms with Gasteiger partial charge in [0.05, 0.1) is 0 Å². The van der Waals surface area contributed by atoms with Gasteiger partial charge in [0.2, 0.25) is 0 Å². The quantitative estimate of drug-likeness (QED) is 0.761. The first-order chi connectivity index (χ1) is 10.4. The molecule has 2 aliphatic heterocycles. The summed E-state index contributed by atoms with van der Waals surface area (Å²) in [6.45, 7) is 3.18. The van der Waals surface area contributed by atoms with Gasteiger partial charge in [-0.3, -0.25) is 0 Å². The third-order valence-electron chi connectivity index (χ3n) is 4.80. The minimum absolute atomic E-state index is 0.954. The molecule has 21 heavy (non-hydrogen) atoms. The highest BCUT2D eigenvalue weighted by atomic mass is 14.9. The number of allylic oxidation sites excluding steroid dienone is 3. The van der Waals surface area contributed by atoms with Crippen LogP contribution in [0.1, 0.15) is 30.4 Å². The number of benzene rings is 1. The van der Waals surface area contributed by atoms with Gasteiger partial charge in [-0.15, -0.1) is 0 Å². The highest BCUT2D eigenvalue weighted by Crippen LogP contribution is 2.38. The van der Waals surface area contributed by atoms with Crippen molar-refractivity contribution in [2.75, 3.05) is 19.6 Å². The zero-order chi connectivity index (χ0) is 14.1. The molecule has 1 aliphatic carbocycles. The average molecular weight is 278 g/mol. The van der Waals surface area contributed by atoms with E-state index in [2.05, 4.69) is 47.1 Å². The Labute approximate surface area is 126 Å². The van der Waals surface area contributed by atoms with Crippen LogP contribution in [0.5, 0.6) is 0 Å². The van der Waals surface area contributed by atoms with Crippen molar-refractivity contribution in [3.63, 3.8) is 0 Å². The van der Waals surface area contributed by atoms with Crippen molar-refractivity contribution in [1.29, 1.82) is 0 Å². The van der Waals surface area contributed by atoms with Crippen LogP contribution in [-0.4, -0.2) is 19.6 Å². The first-order valence-electron chi connectivity index (χ1n) is 8.08. The van der Waals surface area contributed by atoms with Crippen molar-refractivity contribution in [3.8, 4) is 0 Å². The lowest BCUT2D eigenvalue weighted by molar-refractivity contribution is 0.611. The maximum Gasteiger partial charge on any atom is 0.0454 e. The molecule has 1 fully saturated rings. The van der Waals surface area contributed by atoms with Crippen LogP contribution in [0.2, 0.25) is 0 Å². The minimum atomic E-state index is 0.954. The van der Waals surface area contributed by atoms with Crippen LogP contribution in [0, 0.1) is 0 Å². The molecule has 0 radical (unpaired) electrons. The summed E-state index contributed by atoms with van der Waals surface area (Å²) < 4.78 is 0. The lowest BCUT2D eigenvalue weighted by atomic mass is 9.88. The van der Waals surface area contributed by atoms with E-state index in [1.807, 2.05) is 0 Å². The average Bonchev–Trinajstić information content (AvgIpc) is 2.72. The van der Waals surface area contributed by atoms with Crippen LogP contribution >= 0.6 is 0 Å². The Morgan fingerprint density at radius 2 is 1.76 bits per heavy atom. The van der Waals surface area contributed by atoms with E-state index in [1.165, 1.54) is 40.8 Å². The molecular formula is C19H22N2. The Morgan fingerprint density at radius 3 is 2.67 bits per heavy atom. The van der Waals surface area contributed by atoms with Gasteiger partial charge in [-0.2, -0.15) is 0 Å². The number of rotatable bonds is 0. The van der Waals surface area contributed by atoms with Gasteiger partial charge in [0, 0.05) is 17.8 Å². The van der Waals surface area contributed by atoms with Crippen LogP contribution in [0.3, 0.4) is 0 Å². The normalized spacial score (nSPS) is 21.5. The second-order valence-corrected chi connectivity index (χ2v) is 6.07. The Morgan fingerprint density at radius 1 is 0.905 bits per heavy atom. The molecule has 0 amide bonds. The number of aryl methyl sites for hydroxylation is 1. The van der Waals surface area contributed by atoms with Gasteiger partial charge in [-0.1, -0.05) is 42.0 Å². The molecule has 2 heteroatoms. The van der Waals surface area contributed by atoms with Gasteiger partial charge >= 0.3 is 0 Å². The third-order valence-corrected chi connectivity index (χ3v) is 4.80. The summed E-state index contributed by atoms with van der Waals surface area (Å²) in [7, 11) is 0. The van der Waals surface area contributed by atoms with Crippen molar-refractivity contribution < 1.29 is 0 Å². The zero-order valence-corrected chi connectivity index (χ0v) is 12.4. The lowest BCUT2D eigenvalue weighted by Crippen LogP contribution is -2.26. The molecule has 2 heterocycles. The Bertz CT molecular complexity index is 641. The summed E-state index contributed by atoms with van der Waals surface area (Å²) in [5.74, 6) is 0. The Balaban J connectivity index is 1.93. The van der Waals surface area contributed by atoms with Crippen molar-refractivity contribution in [2.45, 2.75) is 25.7 Å². The topological polar surface area (TPSA) is 24.1 Å². The molecule has 2 nitrogen and oxygen atoms in total. The molecule has 108 valence electrons. The molecule has 0 unspecified atom stereocenters. The largest absolute Gasteiger partial charge is 0.381 e. The molecule has 3 aliphatic rings. The van der Waals surface area contributed by atoms with Crippen molar-refractivity contribution >= 4 is 5.57 Å². The highest BCUT2D eigenvalue weighted by molar-refractivity contribution is 5.85. The summed E-state index contributed by atoms with van der Waals surface area (Å²) in [6, 6.07) is 8.98. The number of dihydropyridines is 1. The van der Waals surface area contributed by atoms with Crippen molar-refractivity contribution in [3.05, 3.63) is 64.4 Å². The molecule has 0 bridgehead atoms. The van der Waals surface area contributed by atoms with E-state index >= 15 is 0 Å². The summed E-state index contributed by atoms with van der Waals surface area (Å²) in [6.07, 6.45) is 9.22. The summed E-state index contributed by atoms with van der Waals surface area (Å²) in [5.41, 5.74) is 8.98. The summed E-state index contributed by atoms with van der Waals surface area (Å²) in [5, 5.41) is 7.14. The van der Waals surface area contributed by atoms with E-state index in [0.29, 0.717) is 0 Å². The molecule has 1 aromatic rings. The van der Waals surface area contributed by atoms with Crippen LogP contribution in [-0.2, 0) is 6.42 Å². The number of piperidine rings is 1. The predicted molar refractivity (Wildman–Crippen MR) is 88.0 cm³/mol. The fraction of sp³-hybridized carbons (Fsp3) is 0.368. The molecule has 1 saturated heterocycles. The molecule has 0 atom stereocenters. The zero-order valence-electron chi connectivity index (χ0n) is 12.4. The second kappa shape index (κ2) is 5.53. The van der Waals surface area contributed by atoms with Crippen LogP contribution < -0.4 is 10.6 Å². The third kappa shape index (κ3) is 2.34.